The third-order valence-corrected chi connectivity index (χ3v) is 4.14. The van der Waals surface area contributed by atoms with E-state index < -0.39 is 11.9 Å². The highest BCUT2D eigenvalue weighted by atomic mass is 35.5. The van der Waals surface area contributed by atoms with Crippen LogP contribution < -0.4 is 5.32 Å². The van der Waals surface area contributed by atoms with E-state index in [2.05, 4.69) is 5.32 Å². The number of halogens is 1. The molecule has 0 spiro atoms. The van der Waals surface area contributed by atoms with Gasteiger partial charge < -0.3 is 14.8 Å². The molecule has 5 nitrogen and oxygen atoms in total. The van der Waals surface area contributed by atoms with E-state index in [0.29, 0.717) is 15.8 Å². The summed E-state index contributed by atoms with van der Waals surface area (Å²) in [5, 5.41) is 3.95. The van der Waals surface area contributed by atoms with Gasteiger partial charge in [-0.3, -0.25) is 0 Å². The first-order valence-corrected chi connectivity index (χ1v) is 8.53. The van der Waals surface area contributed by atoms with Gasteiger partial charge in [0.25, 0.3) is 0 Å². The normalized spacial score (nSPS) is 9.91. The van der Waals surface area contributed by atoms with Crippen LogP contribution in [-0.2, 0) is 24.8 Å². The molecule has 1 N–H and O–H groups in total. The van der Waals surface area contributed by atoms with Gasteiger partial charge in [0.1, 0.15) is 0 Å². The standard InChI is InChI=1S/C16H20ClNO4S/c1-4-21-15(19)13(16(20)22-5-2)14(18-3)23-10-11-6-8-12(17)9-7-11/h6-9,18H,4-5,10H2,1-3H3. The Kier molecular flexibility index (Phi) is 8.58. The van der Waals surface area contributed by atoms with Gasteiger partial charge in [0.2, 0.25) is 0 Å². The molecule has 23 heavy (non-hydrogen) atoms. The number of benzene rings is 1. The molecule has 126 valence electrons. The van der Waals surface area contributed by atoms with E-state index in [1.807, 2.05) is 12.1 Å². The first-order valence-electron chi connectivity index (χ1n) is 7.16. The van der Waals surface area contributed by atoms with E-state index in [1.165, 1.54) is 11.8 Å². The van der Waals surface area contributed by atoms with Crippen molar-refractivity contribution in [2.24, 2.45) is 0 Å². The van der Waals surface area contributed by atoms with E-state index in [-0.39, 0.29) is 18.8 Å². The molecular weight excluding hydrogens is 338 g/mol. The lowest BCUT2D eigenvalue weighted by Gasteiger charge is -2.13. The molecule has 7 heteroatoms. The van der Waals surface area contributed by atoms with Crippen LogP contribution in [-0.4, -0.2) is 32.2 Å². The zero-order valence-electron chi connectivity index (χ0n) is 13.3. The van der Waals surface area contributed by atoms with Gasteiger partial charge in [-0.25, -0.2) is 9.59 Å². The Hall–Kier alpha value is -1.66. The maximum absolute atomic E-state index is 12.1. The molecule has 1 aromatic carbocycles. The highest BCUT2D eigenvalue weighted by Crippen LogP contribution is 2.24. The molecular formula is C16H20ClNO4S. The number of carbonyl (C=O) groups is 2. The Morgan fingerprint density at radius 1 is 1.09 bits per heavy atom. The molecule has 0 bridgehead atoms. The molecule has 0 atom stereocenters. The second-order valence-electron chi connectivity index (χ2n) is 4.31. The molecule has 0 amide bonds. The number of nitrogens with one attached hydrogen (secondary N) is 1. The van der Waals surface area contributed by atoms with Crippen molar-refractivity contribution in [3.63, 3.8) is 0 Å². The summed E-state index contributed by atoms with van der Waals surface area (Å²) in [5.74, 6) is -0.826. The summed E-state index contributed by atoms with van der Waals surface area (Å²) in [7, 11) is 1.64. The van der Waals surface area contributed by atoms with Crippen molar-refractivity contribution >= 4 is 35.3 Å². The van der Waals surface area contributed by atoms with Gasteiger partial charge in [-0.05, 0) is 31.5 Å². The molecule has 0 aliphatic carbocycles. The van der Waals surface area contributed by atoms with Crippen LogP contribution in [0.4, 0.5) is 0 Å². The SMILES string of the molecule is CCOC(=O)C(C(=O)OCC)=C(NC)SCc1ccc(Cl)cc1. The van der Waals surface area contributed by atoms with Crippen LogP contribution in [0.3, 0.4) is 0 Å². The smallest absolute Gasteiger partial charge is 0.348 e. The van der Waals surface area contributed by atoms with E-state index in [1.54, 1.807) is 33.0 Å². The summed E-state index contributed by atoms with van der Waals surface area (Å²) in [6.07, 6.45) is 0. The van der Waals surface area contributed by atoms with Gasteiger partial charge in [0, 0.05) is 17.8 Å². The largest absolute Gasteiger partial charge is 0.462 e. The lowest BCUT2D eigenvalue weighted by molar-refractivity contribution is -0.146. The predicted molar refractivity (Wildman–Crippen MR) is 92.1 cm³/mol. The van der Waals surface area contributed by atoms with Crippen molar-refractivity contribution < 1.29 is 19.1 Å². The van der Waals surface area contributed by atoms with Crippen LogP contribution in [0.15, 0.2) is 34.9 Å². The molecule has 0 heterocycles. The van der Waals surface area contributed by atoms with Gasteiger partial charge in [-0.2, -0.15) is 0 Å². The zero-order valence-corrected chi connectivity index (χ0v) is 14.9. The molecule has 0 saturated carbocycles. The average molecular weight is 358 g/mol. The minimum Gasteiger partial charge on any atom is -0.462 e. The molecule has 0 aliphatic heterocycles. The Morgan fingerprint density at radius 3 is 2.04 bits per heavy atom. The van der Waals surface area contributed by atoms with E-state index in [9.17, 15) is 9.59 Å². The number of thioether (sulfide) groups is 1. The number of ether oxygens (including phenoxy) is 2. The van der Waals surface area contributed by atoms with Crippen LogP contribution >= 0.6 is 23.4 Å². The Bertz CT molecular complexity index is 552. The lowest BCUT2D eigenvalue weighted by Crippen LogP contribution is -2.23. The maximum Gasteiger partial charge on any atom is 0.348 e. The summed E-state index contributed by atoms with van der Waals surface area (Å²) in [5.41, 5.74) is 0.898. The molecule has 0 fully saturated rings. The topological polar surface area (TPSA) is 64.6 Å². The second kappa shape index (κ2) is 10.2. The number of hydrogen-bond donors (Lipinski definition) is 1. The first-order chi connectivity index (χ1) is 11.0. The molecule has 0 unspecified atom stereocenters. The van der Waals surface area contributed by atoms with E-state index in [4.69, 9.17) is 21.1 Å². The van der Waals surface area contributed by atoms with Crippen LogP contribution in [0.25, 0.3) is 0 Å². The van der Waals surface area contributed by atoms with Crippen molar-refractivity contribution in [1.29, 1.82) is 0 Å². The van der Waals surface area contributed by atoms with Crippen molar-refractivity contribution in [2.75, 3.05) is 20.3 Å². The summed E-state index contributed by atoms with van der Waals surface area (Å²) in [4.78, 5) is 24.1. The third kappa shape index (κ3) is 6.15. The summed E-state index contributed by atoms with van der Waals surface area (Å²) >= 11 is 7.17. The fourth-order valence-corrected chi connectivity index (χ4v) is 2.77. The zero-order chi connectivity index (χ0) is 17.2. The highest BCUT2D eigenvalue weighted by Gasteiger charge is 2.26. The van der Waals surface area contributed by atoms with Gasteiger partial charge in [0.05, 0.1) is 18.2 Å². The van der Waals surface area contributed by atoms with Crippen LogP contribution in [0.2, 0.25) is 5.02 Å². The first kappa shape index (κ1) is 19.4. The summed E-state index contributed by atoms with van der Waals surface area (Å²) in [6.45, 7) is 3.72. The number of carbonyl (C=O) groups excluding carboxylic acids is 2. The van der Waals surface area contributed by atoms with Gasteiger partial charge in [-0.1, -0.05) is 23.7 Å². The number of hydrogen-bond acceptors (Lipinski definition) is 6. The van der Waals surface area contributed by atoms with Gasteiger partial charge in [-0.15, -0.1) is 11.8 Å². The minimum atomic E-state index is -0.695. The Morgan fingerprint density at radius 2 is 1.61 bits per heavy atom. The van der Waals surface area contributed by atoms with Crippen molar-refractivity contribution in [1.82, 2.24) is 5.32 Å². The molecule has 0 saturated heterocycles. The predicted octanol–water partition coefficient (Wildman–Crippen LogP) is 3.13. The monoisotopic (exact) mass is 357 g/mol. The second-order valence-corrected chi connectivity index (χ2v) is 5.73. The van der Waals surface area contributed by atoms with Crippen molar-refractivity contribution in [3.8, 4) is 0 Å². The molecule has 1 aromatic rings. The average Bonchev–Trinajstić information content (AvgIpc) is 2.53. The van der Waals surface area contributed by atoms with Gasteiger partial charge in [0.15, 0.2) is 5.57 Å². The Labute approximate surface area is 145 Å². The van der Waals surface area contributed by atoms with Crippen molar-refractivity contribution in [3.05, 3.63) is 45.5 Å². The van der Waals surface area contributed by atoms with E-state index in [0.717, 1.165) is 5.56 Å². The molecule has 0 aromatic heterocycles. The molecule has 1 rings (SSSR count). The number of rotatable bonds is 8. The van der Waals surface area contributed by atoms with Crippen LogP contribution in [0.5, 0.6) is 0 Å². The maximum atomic E-state index is 12.1. The fourth-order valence-electron chi connectivity index (χ4n) is 1.68. The number of esters is 2. The van der Waals surface area contributed by atoms with Crippen LogP contribution in [0.1, 0.15) is 19.4 Å². The molecule has 0 radical (unpaired) electrons. The molecule has 0 aliphatic rings. The third-order valence-electron chi connectivity index (χ3n) is 2.71. The van der Waals surface area contributed by atoms with Crippen molar-refractivity contribution in [2.45, 2.75) is 19.6 Å². The Balaban J connectivity index is 2.99. The summed E-state index contributed by atoms with van der Waals surface area (Å²) < 4.78 is 9.91. The van der Waals surface area contributed by atoms with Gasteiger partial charge >= 0.3 is 11.9 Å². The lowest BCUT2D eigenvalue weighted by atomic mass is 10.2. The minimum absolute atomic E-state index is 0.116. The summed E-state index contributed by atoms with van der Waals surface area (Å²) in [6, 6.07) is 7.35. The fraction of sp³-hybridized carbons (Fsp3) is 0.375. The highest BCUT2D eigenvalue weighted by molar-refractivity contribution is 8.02. The van der Waals surface area contributed by atoms with E-state index >= 15 is 0 Å². The van der Waals surface area contributed by atoms with Crippen LogP contribution in [0, 0.1) is 0 Å². The quantitative estimate of drug-likeness (QED) is 0.334.